The summed E-state index contributed by atoms with van der Waals surface area (Å²) >= 11 is 0. The van der Waals surface area contributed by atoms with E-state index in [2.05, 4.69) is 15.4 Å². The van der Waals surface area contributed by atoms with Crippen molar-refractivity contribution in [3.8, 4) is 5.82 Å². The van der Waals surface area contributed by atoms with Gasteiger partial charge in [0, 0.05) is 18.9 Å². The first-order valence-electron chi connectivity index (χ1n) is 7.31. The molecule has 2 aromatic rings. The summed E-state index contributed by atoms with van der Waals surface area (Å²) in [6, 6.07) is 7.04. The van der Waals surface area contributed by atoms with E-state index in [-0.39, 0.29) is 11.3 Å². The Morgan fingerprint density at radius 3 is 2.82 bits per heavy atom. The third-order valence-corrected chi connectivity index (χ3v) is 3.28. The highest BCUT2D eigenvalue weighted by Gasteiger charge is 2.21. The molecule has 2 aromatic heterocycles. The van der Waals surface area contributed by atoms with Gasteiger partial charge in [-0.3, -0.25) is 4.79 Å². The third kappa shape index (κ3) is 4.39. The molecule has 118 valence electrons. The summed E-state index contributed by atoms with van der Waals surface area (Å²) in [6.07, 6.45) is 3.66. The van der Waals surface area contributed by atoms with Gasteiger partial charge in [0.2, 0.25) is 0 Å². The van der Waals surface area contributed by atoms with Crippen molar-refractivity contribution in [1.29, 1.82) is 0 Å². The van der Waals surface area contributed by atoms with Gasteiger partial charge >= 0.3 is 0 Å². The predicted molar refractivity (Wildman–Crippen MR) is 83.8 cm³/mol. The molecule has 0 aliphatic heterocycles. The minimum Gasteiger partial charge on any atom is -0.393 e. The van der Waals surface area contributed by atoms with Crippen LogP contribution in [-0.2, 0) is 0 Å². The molecule has 2 heterocycles. The molecule has 0 spiro atoms. The number of aliphatic hydroxyl groups excluding tert-OH is 1. The van der Waals surface area contributed by atoms with Crippen molar-refractivity contribution in [2.45, 2.75) is 33.3 Å². The van der Waals surface area contributed by atoms with Crippen molar-refractivity contribution >= 4 is 5.91 Å². The van der Waals surface area contributed by atoms with E-state index in [0.717, 1.165) is 0 Å². The lowest BCUT2D eigenvalue weighted by atomic mass is 9.87. The Morgan fingerprint density at radius 2 is 2.18 bits per heavy atom. The lowest BCUT2D eigenvalue weighted by Crippen LogP contribution is -2.36. The van der Waals surface area contributed by atoms with Crippen LogP contribution in [0, 0.1) is 5.41 Å². The molecule has 22 heavy (non-hydrogen) atoms. The molecule has 0 aliphatic rings. The number of nitrogens with zero attached hydrogens (tertiary/aromatic N) is 3. The number of amides is 1. The van der Waals surface area contributed by atoms with Crippen LogP contribution >= 0.6 is 0 Å². The molecule has 6 nitrogen and oxygen atoms in total. The van der Waals surface area contributed by atoms with Gasteiger partial charge < -0.3 is 10.4 Å². The second-order valence-corrected chi connectivity index (χ2v) is 6.23. The second-order valence-electron chi connectivity index (χ2n) is 6.23. The van der Waals surface area contributed by atoms with Crippen LogP contribution in [0.3, 0.4) is 0 Å². The summed E-state index contributed by atoms with van der Waals surface area (Å²) in [4.78, 5) is 16.5. The summed E-state index contributed by atoms with van der Waals surface area (Å²) in [6.45, 7) is 6.24. The maximum Gasteiger partial charge on any atom is 0.269 e. The number of pyridine rings is 1. The average molecular weight is 302 g/mol. The normalized spacial score (nSPS) is 12.9. The van der Waals surface area contributed by atoms with Gasteiger partial charge in [-0.25, -0.2) is 9.67 Å². The number of carbonyl (C=O) groups excluding carboxylic acids is 1. The fourth-order valence-corrected chi connectivity index (χ4v) is 2.36. The van der Waals surface area contributed by atoms with Crippen LogP contribution in [0.25, 0.3) is 5.82 Å². The summed E-state index contributed by atoms with van der Waals surface area (Å²) < 4.78 is 1.61. The van der Waals surface area contributed by atoms with E-state index >= 15 is 0 Å². The zero-order valence-corrected chi connectivity index (χ0v) is 13.2. The Kier molecular flexibility index (Phi) is 4.92. The van der Waals surface area contributed by atoms with Crippen molar-refractivity contribution in [2.24, 2.45) is 5.41 Å². The molecule has 0 radical (unpaired) electrons. The van der Waals surface area contributed by atoms with E-state index < -0.39 is 6.10 Å². The van der Waals surface area contributed by atoms with Gasteiger partial charge in [0.25, 0.3) is 5.91 Å². The number of nitrogens with one attached hydrogen (secondary N) is 1. The zero-order valence-electron chi connectivity index (χ0n) is 13.2. The molecule has 1 unspecified atom stereocenters. The molecular formula is C16H22N4O2. The Morgan fingerprint density at radius 1 is 1.41 bits per heavy atom. The number of aliphatic hydroxyl groups is 1. The van der Waals surface area contributed by atoms with Crippen molar-refractivity contribution in [1.82, 2.24) is 20.1 Å². The van der Waals surface area contributed by atoms with Gasteiger partial charge in [0.05, 0.1) is 6.10 Å². The molecular weight excluding hydrogens is 280 g/mol. The highest BCUT2D eigenvalue weighted by Crippen LogP contribution is 2.21. The largest absolute Gasteiger partial charge is 0.393 e. The summed E-state index contributed by atoms with van der Waals surface area (Å²) in [5.74, 6) is 0.369. The van der Waals surface area contributed by atoms with Crippen LogP contribution in [0.1, 0.15) is 37.7 Å². The lowest BCUT2D eigenvalue weighted by Gasteiger charge is -2.26. The molecule has 1 atom stereocenters. The minimum atomic E-state index is -0.395. The van der Waals surface area contributed by atoms with Gasteiger partial charge in [0.1, 0.15) is 5.69 Å². The van der Waals surface area contributed by atoms with Crippen molar-refractivity contribution in [3.05, 3.63) is 42.4 Å². The van der Waals surface area contributed by atoms with E-state index in [9.17, 15) is 9.90 Å². The molecule has 1 amide bonds. The standard InChI is InChI=1S/C16H22N4O2/c1-12(21)10-16(2,3)11-17-15(22)13-6-4-7-14(19-13)20-9-5-8-18-20/h4-9,12,21H,10-11H2,1-3H3,(H,17,22). The summed E-state index contributed by atoms with van der Waals surface area (Å²) in [5.41, 5.74) is 0.171. The molecule has 0 saturated carbocycles. The summed E-state index contributed by atoms with van der Waals surface area (Å²) in [7, 11) is 0. The number of aromatic nitrogens is 3. The molecule has 0 saturated heterocycles. The van der Waals surface area contributed by atoms with Gasteiger partial charge in [-0.05, 0) is 37.0 Å². The number of hydrogen-bond donors (Lipinski definition) is 2. The Hall–Kier alpha value is -2.21. The number of carbonyl (C=O) groups is 1. The van der Waals surface area contributed by atoms with Crippen LogP contribution < -0.4 is 5.32 Å². The second kappa shape index (κ2) is 6.70. The third-order valence-electron chi connectivity index (χ3n) is 3.28. The zero-order chi connectivity index (χ0) is 16.2. The van der Waals surface area contributed by atoms with E-state index in [1.807, 2.05) is 13.8 Å². The fraction of sp³-hybridized carbons (Fsp3) is 0.438. The van der Waals surface area contributed by atoms with Gasteiger partial charge in [-0.1, -0.05) is 19.9 Å². The first-order chi connectivity index (χ1) is 10.4. The highest BCUT2D eigenvalue weighted by atomic mass is 16.3. The van der Waals surface area contributed by atoms with Crippen LogP contribution in [0.5, 0.6) is 0 Å². The van der Waals surface area contributed by atoms with Crippen LogP contribution in [0.2, 0.25) is 0 Å². The topological polar surface area (TPSA) is 80.0 Å². The molecule has 2 N–H and O–H groups in total. The maximum atomic E-state index is 12.2. The Balaban J connectivity index is 2.03. The quantitative estimate of drug-likeness (QED) is 0.852. The fourth-order valence-electron chi connectivity index (χ4n) is 2.36. The molecule has 0 bridgehead atoms. The Bertz CT molecular complexity index is 621. The number of rotatable bonds is 6. The lowest BCUT2D eigenvalue weighted by molar-refractivity contribution is 0.0897. The SMILES string of the molecule is CC(O)CC(C)(C)CNC(=O)c1cccc(-n2cccn2)n1. The van der Waals surface area contributed by atoms with E-state index in [0.29, 0.717) is 24.5 Å². The van der Waals surface area contributed by atoms with Crippen molar-refractivity contribution in [3.63, 3.8) is 0 Å². The van der Waals surface area contributed by atoms with Gasteiger partial charge in [-0.15, -0.1) is 0 Å². The van der Waals surface area contributed by atoms with E-state index in [4.69, 9.17) is 0 Å². The van der Waals surface area contributed by atoms with Crippen LogP contribution in [0.15, 0.2) is 36.7 Å². The van der Waals surface area contributed by atoms with Crippen molar-refractivity contribution < 1.29 is 9.90 Å². The maximum absolute atomic E-state index is 12.2. The van der Waals surface area contributed by atoms with E-state index in [1.54, 1.807) is 48.3 Å². The van der Waals surface area contributed by atoms with Gasteiger partial charge in [-0.2, -0.15) is 5.10 Å². The molecule has 6 heteroatoms. The average Bonchev–Trinajstić information content (AvgIpc) is 2.98. The smallest absolute Gasteiger partial charge is 0.269 e. The first-order valence-corrected chi connectivity index (χ1v) is 7.31. The minimum absolute atomic E-state index is 0.177. The number of hydrogen-bond acceptors (Lipinski definition) is 4. The molecule has 0 aromatic carbocycles. The van der Waals surface area contributed by atoms with Crippen LogP contribution in [-0.4, -0.2) is 38.4 Å². The van der Waals surface area contributed by atoms with Gasteiger partial charge in [0.15, 0.2) is 5.82 Å². The monoisotopic (exact) mass is 302 g/mol. The molecule has 2 rings (SSSR count). The molecule has 0 fully saturated rings. The van der Waals surface area contributed by atoms with Crippen LogP contribution in [0.4, 0.5) is 0 Å². The predicted octanol–water partition coefficient (Wildman–Crippen LogP) is 1.79. The van der Waals surface area contributed by atoms with E-state index in [1.165, 1.54) is 0 Å². The van der Waals surface area contributed by atoms with Crippen molar-refractivity contribution in [2.75, 3.05) is 6.54 Å². The first kappa shape index (κ1) is 16.2. The summed E-state index contributed by atoms with van der Waals surface area (Å²) in [5, 5.41) is 16.5. The molecule has 0 aliphatic carbocycles. The highest BCUT2D eigenvalue weighted by molar-refractivity contribution is 5.92. The Labute approximate surface area is 130 Å².